The van der Waals surface area contributed by atoms with Gasteiger partial charge in [-0.1, -0.05) is 92.8 Å². The Bertz CT molecular complexity index is 2330. The van der Waals surface area contributed by atoms with Gasteiger partial charge >= 0.3 is 0 Å². The molecule has 2 aromatic carbocycles. The van der Waals surface area contributed by atoms with Gasteiger partial charge in [0.2, 0.25) is 47.3 Å². The number of hydrogen-bond donors (Lipinski definition) is 10. The second kappa shape index (κ2) is 31.1. The number of nitrogens with zero attached hydrogens (tertiary/aromatic N) is 1. The van der Waals surface area contributed by atoms with E-state index in [0.29, 0.717) is 62.1 Å². The summed E-state index contributed by atoms with van der Waals surface area (Å²) in [5, 5.41) is 36.0. The molecule has 0 spiro atoms. The van der Waals surface area contributed by atoms with Crippen molar-refractivity contribution in [3.8, 4) is 23.7 Å². The first-order chi connectivity index (χ1) is 35.9. The van der Waals surface area contributed by atoms with Crippen molar-refractivity contribution >= 4 is 47.3 Å². The van der Waals surface area contributed by atoms with Crippen molar-refractivity contribution in [1.82, 2.24) is 52.8 Å². The maximum Gasteiger partial charge on any atom is 0.247 e. The Kier molecular flexibility index (Phi) is 24.4. The molecule has 5 rings (SSSR count). The fourth-order valence-electron chi connectivity index (χ4n) is 9.82. The second-order valence-electron chi connectivity index (χ2n) is 19.0. The highest BCUT2D eigenvalue weighted by molar-refractivity contribution is 5.96. The fourth-order valence-corrected chi connectivity index (χ4v) is 9.82. The van der Waals surface area contributed by atoms with Crippen LogP contribution >= 0.6 is 0 Å². The van der Waals surface area contributed by atoms with Gasteiger partial charge in [-0.05, 0) is 93.7 Å². The lowest BCUT2D eigenvalue weighted by molar-refractivity contribution is -0.144. The molecule has 0 aliphatic carbocycles. The minimum Gasteiger partial charge on any atom is -0.396 e. The molecule has 3 aliphatic rings. The molecular formula is C55H76N10O9. The van der Waals surface area contributed by atoms with Gasteiger partial charge in [0, 0.05) is 70.6 Å². The van der Waals surface area contributed by atoms with Gasteiger partial charge in [-0.2, -0.15) is 0 Å². The predicted molar refractivity (Wildman–Crippen MR) is 279 cm³/mol. The highest BCUT2D eigenvalue weighted by Gasteiger charge is 2.48. The van der Waals surface area contributed by atoms with Crippen molar-refractivity contribution in [2.45, 2.75) is 152 Å². The number of carbonyl (C=O) groups is 8. The van der Waals surface area contributed by atoms with E-state index < -0.39 is 42.0 Å². The molecule has 0 unspecified atom stereocenters. The largest absolute Gasteiger partial charge is 0.396 e. The number of carbonyl (C=O) groups excluding carboxylic acids is 8. The molecule has 19 heteroatoms. The molecule has 3 fully saturated rings. The Morgan fingerprint density at radius 1 is 0.676 bits per heavy atom. The number of benzene rings is 2. The summed E-state index contributed by atoms with van der Waals surface area (Å²) in [6.07, 6.45) is 7.37. The number of likely N-dealkylation sites (N-methyl/N-ethyl adjacent to an activating group) is 1. The third-order valence-corrected chi connectivity index (χ3v) is 13.8. The molecule has 0 saturated carbocycles. The van der Waals surface area contributed by atoms with Crippen LogP contribution in [0, 0.1) is 29.6 Å². The number of rotatable bonds is 26. The first kappa shape index (κ1) is 58.1. The number of nitrogens with one attached hydrogen (secondary N) is 9. The van der Waals surface area contributed by atoms with Crippen LogP contribution in [-0.4, -0.2) is 133 Å². The third-order valence-electron chi connectivity index (χ3n) is 13.8. The lowest BCUT2D eigenvalue weighted by Crippen LogP contribution is -2.58. The Labute approximate surface area is 435 Å². The van der Waals surface area contributed by atoms with E-state index in [9.17, 15) is 43.5 Å². The summed E-state index contributed by atoms with van der Waals surface area (Å²) in [6.45, 7) is 4.38. The molecule has 0 aromatic heterocycles. The van der Waals surface area contributed by atoms with Crippen LogP contribution in [-0.2, 0) is 38.4 Å². The summed E-state index contributed by atoms with van der Waals surface area (Å²) in [5.74, 6) is 7.92. The maximum absolute atomic E-state index is 14.3. The smallest absolute Gasteiger partial charge is 0.247 e. The van der Waals surface area contributed by atoms with E-state index in [0.717, 1.165) is 19.3 Å². The van der Waals surface area contributed by atoms with E-state index >= 15 is 0 Å². The molecular weight excluding hydrogens is 945 g/mol. The molecule has 8 amide bonds. The normalized spacial score (nSPS) is 21.1. The lowest BCUT2D eigenvalue weighted by Gasteiger charge is -2.33. The number of aliphatic hydroxyl groups excluding tert-OH is 1. The van der Waals surface area contributed by atoms with Crippen LogP contribution in [0.3, 0.4) is 0 Å². The lowest BCUT2D eigenvalue weighted by atomic mass is 9.90. The molecule has 3 heterocycles. The van der Waals surface area contributed by atoms with Gasteiger partial charge in [-0.3, -0.25) is 38.4 Å². The summed E-state index contributed by atoms with van der Waals surface area (Å²) >= 11 is 0. The monoisotopic (exact) mass is 1020 g/mol. The number of aliphatic hydroxyl groups is 1. The minimum atomic E-state index is -1.09. The maximum atomic E-state index is 14.3. The van der Waals surface area contributed by atoms with E-state index in [4.69, 9.17) is 0 Å². The van der Waals surface area contributed by atoms with Crippen molar-refractivity contribution in [3.05, 3.63) is 71.8 Å². The van der Waals surface area contributed by atoms with Crippen molar-refractivity contribution in [2.24, 2.45) is 5.92 Å². The van der Waals surface area contributed by atoms with Gasteiger partial charge in [0.15, 0.2) is 0 Å². The average molecular weight is 1020 g/mol. The standard InChI is InChI=1S/C55H76N10O9/c1-4-18-40-26-29-43(61-40)51(70)62-47(37-19-12-10-13-20-37)53(72)59-34-32-57-45(67)23-16-8-6-7-9-17-24-46(68)58-33-35-60-54(73)48(38-21-14-11-15-22-38)63-52(71)44-30-28-41-27-25-39(31-36-66)49(55(74)65(41)44)64-50(69)42(5-2)56-3/h10-15,19-22,39-44,47-49,56,61,66H,4-5,16-18,23-36H2,1-3H3,(H,57,67)(H,58,68)(H,59,72)(H,60,73)(H,62,70)(H,63,71)(H,64,69)/t39-,40+,41+,42+,43+,44+,47+,48+,49+/m1/s1. The SMILES string of the molecule is CCC[C@H]1CC[C@@H](C(=O)N[C@H](C(=O)NCCNC(=O)CCC#CC#CCCC(=O)NCCNC(=O)[C@@H](NC(=O)[C@@H]2CC[C@@H]3CC[C@H](CCO)[C@H](NC(=O)[C@H](CC)NC)C(=O)N32)c2ccccc2)c2ccccc2)N1. The zero-order chi connectivity index (χ0) is 53.2. The van der Waals surface area contributed by atoms with Gasteiger partial charge < -0.3 is 57.9 Å². The summed E-state index contributed by atoms with van der Waals surface area (Å²) < 4.78 is 0. The Balaban J connectivity index is 0.993. The van der Waals surface area contributed by atoms with Crippen molar-refractivity contribution in [3.63, 3.8) is 0 Å². The van der Waals surface area contributed by atoms with Gasteiger partial charge in [-0.25, -0.2) is 0 Å². The van der Waals surface area contributed by atoms with Crippen molar-refractivity contribution in [1.29, 1.82) is 0 Å². The molecule has 19 nitrogen and oxygen atoms in total. The first-order valence-corrected chi connectivity index (χ1v) is 26.3. The molecule has 0 bridgehead atoms. The Hall–Kier alpha value is -6.80. The first-order valence-electron chi connectivity index (χ1n) is 26.3. The van der Waals surface area contributed by atoms with Crippen molar-refractivity contribution in [2.75, 3.05) is 39.8 Å². The van der Waals surface area contributed by atoms with Crippen LogP contribution in [0.1, 0.15) is 127 Å². The van der Waals surface area contributed by atoms with Crippen LogP contribution in [0.25, 0.3) is 0 Å². The highest BCUT2D eigenvalue weighted by atomic mass is 16.3. The van der Waals surface area contributed by atoms with E-state index in [1.807, 2.05) is 25.1 Å². The zero-order valence-electron chi connectivity index (χ0n) is 43.1. The topological polar surface area (TPSA) is 268 Å². The molecule has 0 radical (unpaired) electrons. The van der Waals surface area contributed by atoms with Crippen LogP contribution in [0.15, 0.2) is 60.7 Å². The van der Waals surface area contributed by atoms with E-state index in [1.54, 1.807) is 54.4 Å². The highest BCUT2D eigenvalue weighted by Crippen LogP contribution is 2.35. The average Bonchev–Trinajstić information content (AvgIpc) is 4.04. The Morgan fingerprint density at radius 3 is 1.74 bits per heavy atom. The predicted octanol–water partition coefficient (Wildman–Crippen LogP) is 1.29. The van der Waals surface area contributed by atoms with Crippen LogP contribution in [0.2, 0.25) is 0 Å². The van der Waals surface area contributed by atoms with E-state index in [-0.39, 0.29) is 112 Å². The van der Waals surface area contributed by atoms with Gasteiger partial charge in [-0.15, -0.1) is 0 Å². The summed E-state index contributed by atoms with van der Waals surface area (Å²) in [4.78, 5) is 108. The summed E-state index contributed by atoms with van der Waals surface area (Å²) in [7, 11) is 1.67. The second-order valence-corrected chi connectivity index (χ2v) is 19.0. The fraction of sp³-hybridized carbons (Fsp3) is 0.564. The molecule has 400 valence electrons. The van der Waals surface area contributed by atoms with Crippen LogP contribution < -0.4 is 47.9 Å². The zero-order valence-corrected chi connectivity index (χ0v) is 43.1. The quantitative estimate of drug-likeness (QED) is 0.0474. The van der Waals surface area contributed by atoms with Crippen molar-refractivity contribution < 1.29 is 43.5 Å². The Morgan fingerprint density at radius 2 is 1.22 bits per heavy atom. The molecule has 10 N–H and O–H groups in total. The molecule has 74 heavy (non-hydrogen) atoms. The number of amides is 8. The summed E-state index contributed by atoms with van der Waals surface area (Å²) in [6, 6.07) is 13.2. The van der Waals surface area contributed by atoms with Gasteiger partial charge in [0.05, 0.1) is 12.1 Å². The van der Waals surface area contributed by atoms with Crippen LogP contribution in [0.5, 0.6) is 0 Å². The van der Waals surface area contributed by atoms with Crippen LogP contribution in [0.4, 0.5) is 0 Å². The minimum absolute atomic E-state index is 0.0741. The summed E-state index contributed by atoms with van der Waals surface area (Å²) in [5.41, 5.74) is 1.19. The molecule has 9 atom stereocenters. The third kappa shape index (κ3) is 17.7. The number of hydrogen-bond acceptors (Lipinski definition) is 11. The molecule has 3 aliphatic heterocycles. The van der Waals surface area contributed by atoms with E-state index in [2.05, 4.69) is 78.5 Å². The van der Waals surface area contributed by atoms with Gasteiger partial charge in [0.25, 0.3) is 0 Å². The van der Waals surface area contributed by atoms with Gasteiger partial charge in [0.1, 0.15) is 24.2 Å². The van der Waals surface area contributed by atoms with E-state index in [1.165, 1.54) is 0 Å². The molecule has 3 saturated heterocycles. The number of fused-ring (bicyclic) bond motifs is 1. The molecule has 2 aromatic rings.